The third-order valence-electron chi connectivity index (χ3n) is 2.92. The maximum atomic E-state index is 5.63. The molecule has 78 valence electrons. The number of halogens is 1. The molecule has 2 aliphatic heterocycles. The van der Waals surface area contributed by atoms with Gasteiger partial charge < -0.3 is 9.64 Å². The molecule has 0 saturated heterocycles. The molecule has 1 aromatic rings. The summed E-state index contributed by atoms with van der Waals surface area (Å²) in [6.07, 6.45) is 2.27. The second-order valence-electron chi connectivity index (χ2n) is 3.81. The molecule has 0 unspecified atom stereocenters. The summed E-state index contributed by atoms with van der Waals surface area (Å²) in [6.45, 7) is 1.57. The largest absolute Gasteiger partial charge is 0.484 e. The van der Waals surface area contributed by atoms with Crippen molar-refractivity contribution >= 4 is 38.8 Å². The Labute approximate surface area is 102 Å². The molecule has 2 nitrogen and oxygen atoms in total. The fourth-order valence-electron chi connectivity index (χ4n) is 2.23. The third-order valence-corrected chi connectivity index (χ3v) is 4.00. The van der Waals surface area contributed by atoms with Crippen LogP contribution in [0, 0.1) is 0 Å². The lowest BCUT2D eigenvalue weighted by Crippen LogP contribution is -2.41. The van der Waals surface area contributed by atoms with Crippen molar-refractivity contribution < 1.29 is 4.74 Å². The quantitative estimate of drug-likeness (QED) is 0.680. The Morgan fingerprint density at radius 2 is 2.27 bits per heavy atom. The van der Waals surface area contributed by atoms with Crippen LogP contribution in [0.15, 0.2) is 16.6 Å². The van der Waals surface area contributed by atoms with E-state index in [1.165, 1.54) is 15.7 Å². The van der Waals surface area contributed by atoms with Crippen molar-refractivity contribution in [1.82, 2.24) is 0 Å². The number of nitrogens with zero attached hydrogens (tertiary/aromatic N) is 1. The first-order chi connectivity index (χ1) is 7.27. The molecule has 2 aliphatic rings. The van der Waals surface area contributed by atoms with Crippen LogP contribution >= 0.6 is 28.1 Å². The number of hydrogen-bond acceptors (Lipinski definition) is 2. The van der Waals surface area contributed by atoms with Crippen LogP contribution in [0.25, 0.3) is 0 Å². The van der Waals surface area contributed by atoms with E-state index in [1.807, 2.05) is 6.07 Å². The first kappa shape index (κ1) is 9.60. The van der Waals surface area contributed by atoms with Gasteiger partial charge in [0.15, 0.2) is 0 Å². The smallest absolute Gasteiger partial charge is 0.143 e. The maximum absolute atomic E-state index is 5.63. The van der Waals surface area contributed by atoms with Gasteiger partial charge in [-0.3, -0.25) is 0 Å². The molecular weight excluding hydrogens is 274 g/mol. The van der Waals surface area contributed by atoms with Gasteiger partial charge in [-0.15, -0.1) is 0 Å². The van der Waals surface area contributed by atoms with Gasteiger partial charge >= 0.3 is 0 Å². The van der Waals surface area contributed by atoms with Crippen molar-refractivity contribution in [2.75, 3.05) is 18.1 Å². The van der Waals surface area contributed by atoms with Gasteiger partial charge in [-0.05, 0) is 30.5 Å². The molecule has 0 spiro atoms. The molecule has 0 amide bonds. The van der Waals surface area contributed by atoms with E-state index < -0.39 is 0 Å². The molecule has 1 aromatic carbocycles. The molecule has 0 aromatic heterocycles. The van der Waals surface area contributed by atoms with E-state index >= 15 is 0 Å². The summed E-state index contributed by atoms with van der Waals surface area (Å²) in [4.78, 5) is 3.12. The Kier molecular flexibility index (Phi) is 2.21. The van der Waals surface area contributed by atoms with E-state index in [9.17, 15) is 0 Å². The average Bonchev–Trinajstić information content (AvgIpc) is 2.27. The van der Waals surface area contributed by atoms with Gasteiger partial charge in [0.2, 0.25) is 0 Å². The van der Waals surface area contributed by atoms with E-state index in [0.29, 0.717) is 6.61 Å². The molecule has 0 bridgehead atoms. The lowest BCUT2D eigenvalue weighted by molar-refractivity contribution is 0.366. The van der Waals surface area contributed by atoms with Gasteiger partial charge in [0.05, 0.1) is 5.69 Å². The summed E-state index contributed by atoms with van der Waals surface area (Å²) in [5.74, 6) is 0.974. The Morgan fingerprint density at radius 1 is 1.40 bits per heavy atom. The van der Waals surface area contributed by atoms with Crippen molar-refractivity contribution in [2.45, 2.75) is 12.8 Å². The Bertz CT molecular complexity index is 446. The van der Waals surface area contributed by atoms with Crippen molar-refractivity contribution in [3.05, 3.63) is 22.2 Å². The minimum Gasteiger partial charge on any atom is -0.484 e. The number of rotatable bonds is 0. The highest BCUT2D eigenvalue weighted by Gasteiger charge is 2.29. The van der Waals surface area contributed by atoms with Crippen LogP contribution in [0.2, 0.25) is 0 Å². The van der Waals surface area contributed by atoms with Gasteiger partial charge in [-0.25, -0.2) is 0 Å². The molecule has 0 aliphatic carbocycles. The summed E-state index contributed by atoms with van der Waals surface area (Å²) in [6, 6.07) is 4.08. The summed E-state index contributed by atoms with van der Waals surface area (Å²) in [5.41, 5.74) is 2.52. The maximum Gasteiger partial charge on any atom is 0.143 e. The number of benzene rings is 1. The molecule has 0 atom stereocenters. The predicted molar refractivity (Wildman–Crippen MR) is 67.9 cm³/mol. The number of anilines is 1. The average molecular weight is 284 g/mol. The lowest BCUT2D eigenvalue weighted by atomic mass is 10.0. The van der Waals surface area contributed by atoms with Gasteiger partial charge in [0, 0.05) is 11.0 Å². The first-order valence-electron chi connectivity index (χ1n) is 5.02. The van der Waals surface area contributed by atoms with Crippen molar-refractivity contribution in [3.63, 3.8) is 0 Å². The third kappa shape index (κ3) is 1.39. The van der Waals surface area contributed by atoms with Gasteiger partial charge in [-0.2, -0.15) is 0 Å². The molecule has 0 N–H and O–H groups in total. The van der Waals surface area contributed by atoms with E-state index in [4.69, 9.17) is 17.0 Å². The molecule has 0 saturated carbocycles. The molecule has 4 heteroatoms. The Morgan fingerprint density at radius 3 is 3.13 bits per heavy atom. The SMILES string of the molecule is S=C1COc2ccc(Br)c3c2N1CCC3. The van der Waals surface area contributed by atoms with Crippen LogP contribution in [0.3, 0.4) is 0 Å². The van der Waals surface area contributed by atoms with Crippen molar-refractivity contribution in [2.24, 2.45) is 0 Å². The fourth-order valence-corrected chi connectivity index (χ4v) is 2.99. The van der Waals surface area contributed by atoms with Gasteiger partial charge in [0.25, 0.3) is 0 Å². The van der Waals surface area contributed by atoms with Crippen LogP contribution in [0.4, 0.5) is 5.69 Å². The highest BCUT2D eigenvalue weighted by Crippen LogP contribution is 2.42. The molecular formula is C11H10BrNOS. The number of ether oxygens (including phenoxy) is 1. The second kappa shape index (κ2) is 3.46. The van der Waals surface area contributed by atoms with Gasteiger partial charge in [0.1, 0.15) is 17.3 Å². The Hall–Kier alpha value is -0.610. The van der Waals surface area contributed by atoms with E-state index in [0.717, 1.165) is 30.1 Å². The van der Waals surface area contributed by atoms with E-state index in [-0.39, 0.29) is 0 Å². The molecule has 3 rings (SSSR count). The lowest BCUT2D eigenvalue weighted by Gasteiger charge is -2.37. The summed E-state index contributed by atoms with van der Waals surface area (Å²) in [7, 11) is 0. The second-order valence-corrected chi connectivity index (χ2v) is 5.14. The number of hydrogen-bond donors (Lipinski definition) is 0. The highest BCUT2D eigenvalue weighted by atomic mass is 79.9. The normalized spacial score (nSPS) is 18.5. The summed E-state index contributed by atoms with van der Waals surface area (Å²) >= 11 is 8.92. The predicted octanol–water partition coefficient (Wildman–Crippen LogP) is 2.92. The molecule has 15 heavy (non-hydrogen) atoms. The zero-order chi connectivity index (χ0) is 10.4. The first-order valence-corrected chi connectivity index (χ1v) is 6.22. The summed E-state index contributed by atoms with van der Waals surface area (Å²) < 4.78 is 6.80. The topological polar surface area (TPSA) is 12.5 Å². The van der Waals surface area contributed by atoms with Crippen LogP contribution in [-0.2, 0) is 6.42 Å². The fraction of sp³-hybridized carbons (Fsp3) is 0.364. The standard InChI is InChI=1S/C11H10BrNOS/c12-8-3-4-9-11-7(8)2-1-5-13(11)10(15)6-14-9/h3-4H,1-2,5-6H2. The minimum absolute atomic E-state index is 0.545. The summed E-state index contributed by atoms with van der Waals surface area (Å²) in [5, 5.41) is 0. The van der Waals surface area contributed by atoms with Gasteiger partial charge in [-0.1, -0.05) is 28.1 Å². The Balaban J connectivity index is 2.25. The van der Waals surface area contributed by atoms with E-state index in [2.05, 4.69) is 26.9 Å². The minimum atomic E-state index is 0.545. The van der Waals surface area contributed by atoms with Crippen molar-refractivity contribution in [3.8, 4) is 5.75 Å². The highest BCUT2D eigenvalue weighted by molar-refractivity contribution is 9.10. The monoisotopic (exact) mass is 283 g/mol. The van der Waals surface area contributed by atoms with Crippen molar-refractivity contribution in [1.29, 1.82) is 0 Å². The number of thiocarbonyl (C=S) groups is 1. The molecule has 0 fully saturated rings. The van der Waals surface area contributed by atoms with E-state index in [1.54, 1.807) is 0 Å². The van der Waals surface area contributed by atoms with Crippen LogP contribution in [0.5, 0.6) is 5.75 Å². The molecule has 0 radical (unpaired) electrons. The molecule has 2 heterocycles. The zero-order valence-electron chi connectivity index (χ0n) is 8.12. The van der Waals surface area contributed by atoms with Crippen LogP contribution in [0.1, 0.15) is 12.0 Å². The van der Waals surface area contributed by atoms with Crippen LogP contribution in [-0.4, -0.2) is 18.1 Å². The zero-order valence-corrected chi connectivity index (χ0v) is 10.5. The van der Waals surface area contributed by atoms with Crippen LogP contribution < -0.4 is 9.64 Å².